The minimum absolute atomic E-state index is 0.754. The largest absolute Gasteiger partial charge is 0.492 e. The van der Waals surface area contributed by atoms with Gasteiger partial charge in [0.1, 0.15) is 12.4 Å². The molecule has 0 radical (unpaired) electrons. The number of hydrogen-bond donors (Lipinski definition) is 1. The lowest BCUT2D eigenvalue weighted by Crippen LogP contribution is -2.26. The van der Waals surface area contributed by atoms with Gasteiger partial charge in [-0.05, 0) is 56.5 Å². The van der Waals surface area contributed by atoms with E-state index < -0.39 is 0 Å². The summed E-state index contributed by atoms with van der Waals surface area (Å²) in [5.74, 6) is 1.76. The molecule has 3 nitrogen and oxygen atoms in total. The van der Waals surface area contributed by atoms with Crippen LogP contribution >= 0.6 is 0 Å². The van der Waals surface area contributed by atoms with Gasteiger partial charge in [0.25, 0.3) is 0 Å². The molecule has 0 spiro atoms. The van der Waals surface area contributed by atoms with Crippen LogP contribution in [0.4, 0.5) is 0 Å². The molecule has 0 heterocycles. The van der Waals surface area contributed by atoms with Crippen molar-refractivity contribution in [1.29, 1.82) is 0 Å². The van der Waals surface area contributed by atoms with Crippen molar-refractivity contribution in [3.05, 3.63) is 29.8 Å². The second kappa shape index (κ2) is 8.40. The van der Waals surface area contributed by atoms with E-state index in [-0.39, 0.29) is 0 Å². The Morgan fingerprint density at radius 3 is 2.81 bits per heavy atom. The number of likely N-dealkylation sites (N-methyl/N-ethyl adjacent to an activating group) is 1. The maximum absolute atomic E-state index is 5.88. The number of benzene rings is 1. The molecule has 118 valence electrons. The molecule has 3 heteroatoms. The molecule has 0 bridgehead atoms. The molecular formula is C18H30N2O. The third-order valence-corrected chi connectivity index (χ3v) is 3.90. The molecule has 1 N–H and O–H groups in total. The maximum atomic E-state index is 5.88. The fraction of sp³-hybridized carbons (Fsp3) is 0.667. The predicted molar refractivity (Wildman–Crippen MR) is 88.8 cm³/mol. The molecule has 2 rings (SSSR count). The van der Waals surface area contributed by atoms with Crippen LogP contribution in [0.2, 0.25) is 0 Å². The summed E-state index contributed by atoms with van der Waals surface area (Å²) in [7, 11) is 2.17. The van der Waals surface area contributed by atoms with Crippen molar-refractivity contribution >= 4 is 0 Å². The van der Waals surface area contributed by atoms with Crippen LogP contribution in [0.3, 0.4) is 0 Å². The Labute approximate surface area is 129 Å². The summed E-state index contributed by atoms with van der Waals surface area (Å²) in [5, 5.41) is 3.54. The highest BCUT2D eigenvalue weighted by molar-refractivity contribution is 5.28. The molecule has 0 aromatic heterocycles. The Bertz CT molecular complexity index is 415. The maximum Gasteiger partial charge on any atom is 0.119 e. The van der Waals surface area contributed by atoms with Crippen LogP contribution in [0.25, 0.3) is 0 Å². The molecule has 21 heavy (non-hydrogen) atoms. The molecule has 0 unspecified atom stereocenters. The first-order chi connectivity index (χ1) is 10.1. The Hall–Kier alpha value is -1.06. The van der Waals surface area contributed by atoms with Gasteiger partial charge in [-0.25, -0.2) is 0 Å². The van der Waals surface area contributed by atoms with Gasteiger partial charge in [0, 0.05) is 19.1 Å². The fourth-order valence-electron chi connectivity index (χ4n) is 2.20. The number of nitrogens with one attached hydrogen (secondary N) is 1. The molecule has 1 aliphatic rings. The van der Waals surface area contributed by atoms with Gasteiger partial charge in [-0.2, -0.15) is 0 Å². The molecule has 1 aliphatic carbocycles. The average molecular weight is 290 g/mol. The van der Waals surface area contributed by atoms with Crippen LogP contribution in [-0.2, 0) is 6.54 Å². The van der Waals surface area contributed by atoms with Gasteiger partial charge in [-0.3, -0.25) is 0 Å². The van der Waals surface area contributed by atoms with Crippen LogP contribution in [0.15, 0.2) is 24.3 Å². The smallest absolute Gasteiger partial charge is 0.119 e. The van der Waals surface area contributed by atoms with E-state index in [9.17, 15) is 0 Å². The molecule has 0 saturated heterocycles. The van der Waals surface area contributed by atoms with Crippen LogP contribution in [0.5, 0.6) is 5.75 Å². The zero-order valence-corrected chi connectivity index (χ0v) is 13.8. The number of rotatable bonds is 10. The SMILES string of the molecule is CC(C)CCN(C)CCOc1cccc(CNC2CC2)c1. The van der Waals surface area contributed by atoms with E-state index in [4.69, 9.17) is 4.74 Å². The van der Waals surface area contributed by atoms with Crippen molar-refractivity contribution in [2.45, 2.75) is 45.7 Å². The summed E-state index contributed by atoms with van der Waals surface area (Å²) in [5.41, 5.74) is 1.31. The zero-order chi connectivity index (χ0) is 15.1. The Morgan fingerprint density at radius 2 is 2.10 bits per heavy atom. The Kier molecular flexibility index (Phi) is 6.52. The van der Waals surface area contributed by atoms with Crippen molar-refractivity contribution in [3.63, 3.8) is 0 Å². The first-order valence-corrected chi connectivity index (χ1v) is 8.27. The zero-order valence-electron chi connectivity index (χ0n) is 13.8. The number of hydrogen-bond acceptors (Lipinski definition) is 3. The van der Waals surface area contributed by atoms with Gasteiger partial charge >= 0.3 is 0 Å². The molecule has 0 aliphatic heterocycles. The van der Waals surface area contributed by atoms with E-state index in [1.54, 1.807) is 0 Å². The van der Waals surface area contributed by atoms with Crippen LogP contribution in [0.1, 0.15) is 38.7 Å². The molecule has 1 saturated carbocycles. The monoisotopic (exact) mass is 290 g/mol. The minimum atomic E-state index is 0.754. The summed E-state index contributed by atoms with van der Waals surface area (Å²) < 4.78 is 5.88. The van der Waals surface area contributed by atoms with E-state index in [0.29, 0.717) is 0 Å². The second-order valence-corrected chi connectivity index (χ2v) is 6.64. The third kappa shape index (κ3) is 6.96. The predicted octanol–water partition coefficient (Wildman–Crippen LogP) is 3.30. The van der Waals surface area contributed by atoms with E-state index >= 15 is 0 Å². The first kappa shape index (κ1) is 16.3. The molecule has 0 amide bonds. The van der Waals surface area contributed by atoms with E-state index in [0.717, 1.165) is 44.0 Å². The summed E-state index contributed by atoms with van der Waals surface area (Å²) in [6.45, 7) is 8.38. The summed E-state index contributed by atoms with van der Waals surface area (Å²) >= 11 is 0. The Morgan fingerprint density at radius 1 is 1.29 bits per heavy atom. The molecule has 1 aromatic carbocycles. The van der Waals surface area contributed by atoms with Crippen LogP contribution in [0, 0.1) is 5.92 Å². The topological polar surface area (TPSA) is 24.5 Å². The van der Waals surface area contributed by atoms with Crippen molar-refractivity contribution in [1.82, 2.24) is 10.2 Å². The van der Waals surface area contributed by atoms with Crippen molar-refractivity contribution in [3.8, 4) is 5.75 Å². The number of nitrogens with zero attached hydrogens (tertiary/aromatic N) is 1. The lowest BCUT2D eigenvalue weighted by atomic mass is 10.1. The molecular weight excluding hydrogens is 260 g/mol. The van der Waals surface area contributed by atoms with Gasteiger partial charge in [-0.15, -0.1) is 0 Å². The fourth-order valence-corrected chi connectivity index (χ4v) is 2.20. The average Bonchev–Trinajstić information content (AvgIpc) is 3.28. The van der Waals surface area contributed by atoms with Crippen LogP contribution < -0.4 is 10.1 Å². The lowest BCUT2D eigenvalue weighted by molar-refractivity contribution is 0.230. The summed E-state index contributed by atoms with van der Waals surface area (Å²) in [6, 6.07) is 9.21. The Balaban J connectivity index is 1.66. The van der Waals surface area contributed by atoms with Crippen LogP contribution in [-0.4, -0.2) is 37.7 Å². The van der Waals surface area contributed by atoms with Gasteiger partial charge in [-0.1, -0.05) is 26.0 Å². The van der Waals surface area contributed by atoms with E-state index in [1.165, 1.54) is 24.8 Å². The molecule has 0 atom stereocenters. The highest BCUT2D eigenvalue weighted by Gasteiger charge is 2.19. The van der Waals surface area contributed by atoms with Crippen molar-refractivity contribution in [2.24, 2.45) is 5.92 Å². The molecule has 1 aromatic rings. The highest BCUT2D eigenvalue weighted by atomic mass is 16.5. The number of ether oxygens (including phenoxy) is 1. The van der Waals surface area contributed by atoms with E-state index in [1.807, 2.05) is 0 Å². The minimum Gasteiger partial charge on any atom is -0.492 e. The second-order valence-electron chi connectivity index (χ2n) is 6.64. The van der Waals surface area contributed by atoms with Gasteiger partial charge < -0.3 is 15.0 Å². The quantitative estimate of drug-likeness (QED) is 0.715. The van der Waals surface area contributed by atoms with Crippen molar-refractivity contribution in [2.75, 3.05) is 26.7 Å². The standard InChI is InChI=1S/C18H30N2O/c1-15(2)9-10-20(3)11-12-21-18-6-4-5-16(13-18)14-19-17-7-8-17/h4-6,13,15,17,19H,7-12,14H2,1-3H3. The van der Waals surface area contributed by atoms with E-state index in [2.05, 4.69) is 55.4 Å². The summed E-state index contributed by atoms with van der Waals surface area (Å²) in [4.78, 5) is 2.35. The summed E-state index contributed by atoms with van der Waals surface area (Å²) in [6.07, 6.45) is 3.91. The third-order valence-electron chi connectivity index (χ3n) is 3.90. The first-order valence-electron chi connectivity index (χ1n) is 8.27. The lowest BCUT2D eigenvalue weighted by Gasteiger charge is -2.18. The van der Waals surface area contributed by atoms with Gasteiger partial charge in [0.15, 0.2) is 0 Å². The molecule has 1 fully saturated rings. The normalized spacial score (nSPS) is 14.9. The van der Waals surface area contributed by atoms with Gasteiger partial charge in [0.05, 0.1) is 0 Å². The van der Waals surface area contributed by atoms with Gasteiger partial charge in [0.2, 0.25) is 0 Å². The highest BCUT2D eigenvalue weighted by Crippen LogP contribution is 2.20. The van der Waals surface area contributed by atoms with Crippen molar-refractivity contribution < 1.29 is 4.74 Å².